The molecule has 1 rings (SSSR count). The molecule has 0 aromatic carbocycles. The van der Waals surface area contributed by atoms with Crippen LogP contribution in [0.4, 0.5) is 0 Å². The van der Waals surface area contributed by atoms with Gasteiger partial charge in [0.25, 0.3) is 0 Å². The topological polar surface area (TPSA) is 52.6 Å². The first-order valence-electron chi connectivity index (χ1n) is 6.96. The van der Waals surface area contributed by atoms with Crippen LogP contribution in [0, 0.1) is 11.8 Å². The third-order valence-corrected chi connectivity index (χ3v) is 3.41. The molecule has 0 bridgehead atoms. The number of hydrogen-bond acceptors (Lipinski definition) is 4. The fraction of sp³-hybridized carbons (Fsp3) is 0.857. The Hall–Kier alpha value is -1.06. The van der Waals surface area contributed by atoms with E-state index in [4.69, 9.17) is 9.47 Å². The Balaban J connectivity index is 2.31. The average molecular weight is 256 g/mol. The summed E-state index contributed by atoms with van der Waals surface area (Å²) in [5.74, 6) is 0.521. The Labute approximate surface area is 109 Å². The Morgan fingerprint density at radius 2 is 1.39 bits per heavy atom. The van der Waals surface area contributed by atoms with Crippen molar-refractivity contribution < 1.29 is 19.1 Å². The molecule has 0 saturated heterocycles. The molecular weight excluding hydrogens is 232 g/mol. The number of carbonyl (C=O) groups is 2. The molecule has 0 aromatic rings. The van der Waals surface area contributed by atoms with E-state index in [1.54, 1.807) is 0 Å². The monoisotopic (exact) mass is 256 g/mol. The van der Waals surface area contributed by atoms with E-state index in [1.807, 2.05) is 13.8 Å². The third-order valence-electron chi connectivity index (χ3n) is 3.41. The minimum absolute atomic E-state index is 0.112. The lowest BCUT2D eigenvalue weighted by Gasteiger charge is -2.27. The van der Waals surface area contributed by atoms with Crippen LogP contribution in [0.2, 0.25) is 0 Å². The molecule has 1 fully saturated rings. The average Bonchev–Trinajstić information content (AvgIpc) is 2.29. The zero-order valence-corrected chi connectivity index (χ0v) is 11.4. The predicted octanol–water partition coefficient (Wildman–Crippen LogP) is 2.70. The highest BCUT2D eigenvalue weighted by atomic mass is 16.5. The number of esters is 2. The van der Waals surface area contributed by atoms with Gasteiger partial charge in [-0.3, -0.25) is 9.59 Å². The molecule has 4 heteroatoms. The molecule has 0 heterocycles. The van der Waals surface area contributed by atoms with E-state index < -0.39 is 0 Å². The Morgan fingerprint density at radius 1 is 0.944 bits per heavy atom. The first kappa shape index (κ1) is 15.0. The van der Waals surface area contributed by atoms with Crippen LogP contribution in [0.3, 0.4) is 0 Å². The van der Waals surface area contributed by atoms with Gasteiger partial charge >= 0.3 is 11.9 Å². The summed E-state index contributed by atoms with van der Waals surface area (Å²) >= 11 is 0. The summed E-state index contributed by atoms with van der Waals surface area (Å²) in [6.45, 7) is 4.53. The lowest BCUT2D eigenvalue weighted by molar-refractivity contribution is -0.145. The van der Waals surface area contributed by atoms with Crippen molar-refractivity contribution in [3.05, 3.63) is 0 Å². The molecule has 0 amide bonds. The van der Waals surface area contributed by atoms with Crippen LogP contribution in [0.5, 0.6) is 0 Å². The summed E-state index contributed by atoms with van der Waals surface area (Å²) in [5.41, 5.74) is 0. The van der Waals surface area contributed by atoms with Crippen molar-refractivity contribution in [2.24, 2.45) is 11.8 Å². The van der Waals surface area contributed by atoms with E-state index in [9.17, 15) is 9.59 Å². The Morgan fingerprint density at radius 3 is 1.78 bits per heavy atom. The van der Waals surface area contributed by atoms with Crippen LogP contribution < -0.4 is 0 Å². The number of hydrogen-bond donors (Lipinski definition) is 0. The Bertz CT molecular complexity index is 249. The van der Waals surface area contributed by atoms with Crippen LogP contribution in [-0.4, -0.2) is 25.2 Å². The SMILES string of the molecule is CCOC(=O)CC1CCCC(CC(=O)OCC)C1. The van der Waals surface area contributed by atoms with E-state index in [0.29, 0.717) is 37.9 Å². The van der Waals surface area contributed by atoms with Gasteiger partial charge < -0.3 is 9.47 Å². The molecule has 104 valence electrons. The molecule has 4 nitrogen and oxygen atoms in total. The van der Waals surface area contributed by atoms with Crippen molar-refractivity contribution in [1.29, 1.82) is 0 Å². The second kappa shape index (κ2) is 8.11. The van der Waals surface area contributed by atoms with Gasteiger partial charge in [0, 0.05) is 12.8 Å². The van der Waals surface area contributed by atoms with Gasteiger partial charge in [-0.05, 0) is 44.9 Å². The van der Waals surface area contributed by atoms with Crippen molar-refractivity contribution in [2.75, 3.05) is 13.2 Å². The van der Waals surface area contributed by atoms with Crippen molar-refractivity contribution >= 4 is 11.9 Å². The molecule has 0 N–H and O–H groups in total. The van der Waals surface area contributed by atoms with Gasteiger partial charge in [0.15, 0.2) is 0 Å². The minimum Gasteiger partial charge on any atom is -0.466 e. The summed E-state index contributed by atoms with van der Waals surface area (Å²) in [7, 11) is 0. The lowest BCUT2D eigenvalue weighted by atomic mass is 9.78. The molecule has 2 unspecified atom stereocenters. The number of rotatable bonds is 6. The Kier molecular flexibility index (Phi) is 6.76. The normalized spacial score (nSPS) is 23.4. The van der Waals surface area contributed by atoms with E-state index in [-0.39, 0.29) is 11.9 Å². The summed E-state index contributed by atoms with van der Waals surface area (Å²) < 4.78 is 9.94. The molecule has 2 atom stereocenters. The first-order valence-corrected chi connectivity index (χ1v) is 6.96. The standard InChI is InChI=1S/C14H24O4/c1-3-17-13(15)9-11-6-5-7-12(8-11)10-14(16)18-4-2/h11-12H,3-10H2,1-2H3. The van der Waals surface area contributed by atoms with Crippen molar-refractivity contribution in [1.82, 2.24) is 0 Å². The quantitative estimate of drug-likeness (QED) is 0.686. The fourth-order valence-corrected chi connectivity index (χ4v) is 2.68. The van der Waals surface area contributed by atoms with Crippen LogP contribution >= 0.6 is 0 Å². The number of ether oxygens (including phenoxy) is 2. The van der Waals surface area contributed by atoms with Crippen LogP contribution in [0.25, 0.3) is 0 Å². The van der Waals surface area contributed by atoms with Gasteiger partial charge in [-0.1, -0.05) is 6.42 Å². The molecule has 0 aromatic heterocycles. The van der Waals surface area contributed by atoms with Crippen LogP contribution in [0.15, 0.2) is 0 Å². The highest BCUT2D eigenvalue weighted by Gasteiger charge is 2.26. The summed E-state index contributed by atoms with van der Waals surface area (Å²) in [6.07, 6.45) is 5.16. The largest absolute Gasteiger partial charge is 0.466 e. The van der Waals surface area contributed by atoms with Crippen molar-refractivity contribution in [3.8, 4) is 0 Å². The molecule has 1 aliphatic rings. The zero-order valence-electron chi connectivity index (χ0n) is 11.4. The van der Waals surface area contributed by atoms with Gasteiger partial charge in [0.05, 0.1) is 13.2 Å². The predicted molar refractivity (Wildman–Crippen MR) is 67.9 cm³/mol. The number of carbonyl (C=O) groups excluding carboxylic acids is 2. The van der Waals surface area contributed by atoms with E-state index in [2.05, 4.69) is 0 Å². The molecule has 0 spiro atoms. The zero-order chi connectivity index (χ0) is 13.4. The highest BCUT2D eigenvalue weighted by Crippen LogP contribution is 2.33. The first-order chi connectivity index (χ1) is 8.65. The van der Waals surface area contributed by atoms with Gasteiger partial charge in [-0.25, -0.2) is 0 Å². The van der Waals surface area contributed by atoms with E-state index in [1.165, 1.54) is 0 Å². The molecule has 1 aliphatic carbocycles. The molecule has 1 saturated carbocycles. The smallest absolute Gasteiger partial charge is 0.306 e. The van der Waals surface area contributed by atoms with Gasteiger partial charge in [0.1, 0.15) is 0 Å². The van der Waals surface area contributed by atoms with Gasteiger partial charge in [-0.2, -0.15) is 0 Å². The highest BCUT2D eigenvalue weighted by molar-refractivity contribution is 5.70. The molecular formula is C14H24O4. The minimum atomic E-state index is -0.112. The second-order valence-electron chi connectivity index (χ2n) is 4.92. The third kappa shape index (κ3) is 5.52. The van der Waals surface area contributed by atoms with Gasteiger partial charge in [0.2, 0.25) is 0 Å². The van der Waals surface area contributed by atoms with Crippen LogP contribution in [0.1, 0.15) is 52.4 Å². The summed E-state index contributed by atoms with van der Waals surface area (Å²) in [4.78, 5) is 22.9. The maximum atomic E-state index is 11.4. The van der Waals surface area contributed by atoms with E-state index >= 15 is 0 Å². The van der Waals surface area contributed by atoms with Crippen LogP contribution in [-0.2, 0) is 19.1 Å². The van der Waals surface area contributed by atoms with Crippen molar-refractivity contribution in [2.45, 2.75) is 52.4 Å². The maximum Gasteiger partial charge on any atom is 0.306 e. The maximum absolute atomic E-state index is 11.4. The van der Waals surface area contributed by atoms with E-state index in [0.717, 1.165) is 25.7 Å². The molecule has 0 radical (unpaired) electrons. The molecule has 0 aliphatic heterocycles. The molecule has 18 heavy (non-hydrogen) atoms. The second-order valence-corrected chi connectivity index (χ2v) is 4.92. The summed E-state index contributed by atoms with van der Waals surface area (Å²) in [6, 6.07) is 0. The fourth-order valence-electron chi connectivity index (χ4n) is 2.68. The summed E-state index contributed by atoms with van der Waals surface area (Å²) in [5, 5.41) is 0. The van der Waals surface area contributed by atoms with Crippen molar-refractivity contribution in [3.63, 3.8) is 0 Å². The van der Waals surface area contributed by atoms with Gasteiger partial charge in [-0.15, -0.1) is 0 Å². The lowest BCUT2D eigenvalue weighted by Crippen LogP contribution is -2.22.